The molecule has 3 aromatic carbocycles. The van der Waals surface area contributed by atoms with E-state index >= 15 is 0 Å². The Morgan fingerprint density at radius 2 is 1.62 bits per heavy atom. The number of aliphatic hydroxyl groups excluding tert-OH is 1. The van der Waals surface area contributed by atoms with E-state index in [1.165, 1.54) is 4.90 Å². The number of hydrogen-bond acceptors (Lipinski definition) is 6. The smallest absolute Gasteiger partial charge is 0.295 e. The Kier molecular flexibility index (Phi) is 8.24. The minimum absolute atomic E-state index is 0.0306. The van der Waals surface area contributed by atoms with Crippen LogP contribution in [0.15, 0.2) is 72.3 Å². The highest BCUT2D eigenvalue weighted by atomic mass is 16.5. The van der Waals surface area contributed by atoms with E-state index in [4.69, 9.17) is 14.2 Å². The number of rotatable bonds is 8. The summed E-state index contributed by atoms with van der Waals surface area (Å²) in [5.74, 6) is 0.331. The largest absolute Gasteiger partial charge is 0.507 e. The van der Waals surface area contributed by atoms with Crippen LogP contribution in [-0.2, 0) is 21.5 Å². The molecule has 1 aliphatic heterocycles. The molecule has 7 heteroatoms. The van der Waals surface area contributed by atoms with Crippen LogP contribution in [0.25, 0.3) is 5.76 Å². The van der Waals surface area contributed by atoms with E-state index in [9.17, 15) is 14.7 Å². The SMILES string of the molecule is COc1cccc(C2/C(=C(/O)c3ccc(OC)c(C(C)(C)C)c3)C(=O)C(=O)N2Cc2ccc(OC(C)C)cc2)c1. The lowest BCUT2D eigenvalue weighted by atomic mass is 9.84. The number of benzene rings is 3. The molecule has 1 amide bonds. The second-order valence-corrected chi connectivity index (χ2v) is 11.2. The van der Waals surface area contributed by atoms with Gasteiger partial charge in [0.15, 0.2) is 0 Å². The molecule has 1 fully saturated rings. The van der Waals surface area contributed by atoms with E-state index in [0.29, 0.717) is 22.6 Å². The Bertz CT molecular complexity index is 1430. The zero-order valence-corrected chi connectivity index (χ0v) is 24.1. The molecule has 0 aliphatic carbocycles. The van der Waals surface area contributed by atoms with Gasteiger partial charge in [-0.15, -0.1) is 0 Å². The lowest BCUT2D eigenvalue weighted by molar-refractivity contribution is -0.140. The second-order valence-electron chi connectivity index (χ2n) is 11.2. The molecule has 1 atom stereocenters. The Balaban J connectivity index is 1.84. The highest BCUT2D eigenvalue weighted by Crippen LogP contribution is 2.42. The summed E-state index contributed by atoms with van der Waals surface area (Å²) in [6.07, 6.45) is 0.0356. The van der Waals surface area contributed by atoms with Crippen LogP contribution in [0.4, 0.5) is 0 Å². The summed E-state index contributed by atoms with van der Waals surface area (Å²) in [6.45, 7) is 10.2. The highest BCUT2D eigenvalue weighted by molar-refractivity contribution is 6.46. The first-order chi connectivity index (χ1) is 18.9. The Morgan fingerprint density at radius 1 is 0.925 bits per heavy atom. The molecule has 0 aromatic heterocycles. The number of nitrogens with zero attached hydrogens (tertiary/aromatic N) is 1. The summed E-state index contributed by atoms with van der Waals surface area (Å²) in [5, 5.41) is 11.6. The van der Waals surface area contributed by atoms with Gasteiger partial charge in [-0.2, -0.15) is 0 Å². The van der Waals surface area contributed by atoms with E-state index in [1.807, 2.05) is 71.0 Å². The quantitative estimate of drug-likeness (QED) is 0.201. The minimum atomic E-state index is -0.818. The molecule has 40 heavy (non-hydrogen) atoms. The number of carbonyl (C=O) groups excluding carboxylic acids is 2. The lowest BCUT2D eigenvalue weighted by Gasteiger charge is -2.26. The van der Waals surface area contributed by atoms with Gasteiger partial charge < -0.3 is 24.2 Å². The van der Waals surface area contributed by atoms with Gasteiger partial charge >= 0.3 is 0 Å². The number of hydrogen-bond donors (Lipinski definition) is 1. The Labute approximate surface area is 236 Å². The molecule has 7 nitrogen and oxygen atoms in total. The van der Waals surface area contributed by atoms with Crippen LogP contribution >= 0.6 is 0 Å². The van der Waals surface area contributed by atoms with Crippen molar-refractivity contribution in [3.8, 4) is 17.2 Å². The van der Waals surface area contributed by atoms with Gasteiger partial charge in [0.2, 0.25) is 0 Å². The van der Waals surface area contributed by atoms with Crippen LogP contribution in [0.2, 0.25) is 0 Å². The predicted molar refractivity (Wildman–Crippen MR) is 155 cm³/mol. The Morgan fingerprint density at radius 3 is 2.23 bits per heavy atom. The number of aliphatic hydroxyl groups is 1. The highest BCUT2D eigenvalue weighted by Gasteiger charge is 2.46. The van der Waals surface area contributed by atoms with Crippen molar-refractivity contribution in [2.24, 2.45) is 0 Å². The number of Topliss-reactive ketones (excluding diaryl/α,β-unsaturated/α-hetero) is 1. The summed E-state index contributed by atoms with van der Waals surface area (Å²) < 4.78 is 16.7. The van der Waals surface area contributed by atoms with E-state index < -0.39 is 17.7 Å². The van der Waals surface area contributed by atoms with Gasteiger partial charge in [-0.25, -0.2) is 0 Å². The number of carbonyl (C=O) groups is 2. The maximum Gasteiger partial charge on any atom is 0.295 e. The topological polar surface area (TPSA) is 85.3 Å². The summed E-state index contributed by atoms with van der Waals surface area (Å²) in [5.41, 5.74) is 2.53. The maximum atomic E-state index is 13.6. The molecule has 4 rings (SSSR count). The molecule has 210 valence electrons. The van der Waals surface area contributed by atoms with E-state index in [2.05, 4.69) is 0 Å². The standard InChI is InChI=1S/C33H37NO6/c1-20(2)40-24-14-11-21(12-15-24)19-34-29(22-9-8-10-25(17-22)38-6)28(31(36)32(34)37)30(35)23-13-16-27(39-7)26(18-23)33(3,4)5/h8-18,20,29,35H,19H2,1-7H3/b30-28-. The molecule has 0 bridgehead atoms. The summed E-state index contributed by atoms with van der Waals surface area (Å²) >= 11 is 0. The summed E-state index contributed by atoms with van der Waals surface area (Å²) in [6, 6.07) is 19.1. The average molecular weight is 544 g/mol. The van der Waals surface area contributed by atoms with Crippen molar-refractivity contribution < 1.29 is 28.9 Å². The van der Waals surface area contributed by atoms with Crippen LogP contribution < -0.4 is 14.2 Å². The fraction of sp³-hybridized carbons (Fsp3) is 0.333. The van der Waals surface area contributed by atoms with Crippen molar-refractivity contribution in [2.75, 3.05) is 14.2 Å². The fourth-order valence-electron chi connectivity index (χ4n) is 4.94. The molecule has 3 aromatic rings. The number of ether oxygens (including phenoxy) is 3. The van der Waals surface area contributed by atoms with Crippen LogP contribution in [-0.4, -0.2) is 42.0 Å². The monoisotopic (exact) mass is 543 g/mol. The van der Waals surface area contributed by atoms with E-state index in [1.54, 1.807) is 44.6 Å². The molecule has 0 spiro atoms. The van der Waals surface area contributed by atoms with Crippen molar-refractivity contribution in [2.45, 2.75) is 58.7 Å². The van der Waals surface area contributed by atoms with Gasteiger partial charge in [0, 0.05) is 17.7 Å². The van der Waals surface area contributed by atoms with Crippen LogP contribution in [0, 0.1) is 0 Å². The first-order valence-electron chi connectivity index (χ1n) is 13.3. The molecule has 0 radical (unpaired) electrons. The molecule has 0 saturated carbocycles. The Hall–Kier alpha value is -4.26. The second kappa shape index (κ2) is 11.5. The van der Waals surface area contributed by atoms with E-state index in [-0.39, 0.29) is 29.4 Å². The van der Waals surface area contributed by atoms with Crippen molar-refractivity contribution >= 4 is 17.4 Å². The minimum Gasteiger partial charge on any atom is -0.507 e. The predicted octanol–water partition coefficient (Wildman–Crippen LogP) is 6.41. The molecular weight excluding hydrogens is 506 g/mol. The number of methoxy groups -OCH3 is 2. The van der Waals surface area contributed by atoms with Crippen LogP contribution in [0.1, 0.15) is 62.9 Å². The number of amides is 1. The average Bonchev–Trinajstić information content (AvgIpc) is 3.17. The fourth-order valence-corrected chi connectivity index (χ4v) is 4.94. The summed E-state index contributed by atoms with van der Waals surface area (Å²) in [4.78, 5) is 28.5. The zero-order chi connectivity index (χ0) is 29.2. The molecule has 1 heterocycles. The van der Waals surface area contributed by atoms with Crippen molar-refractivity contribution in [3.63, 3.8) is 0 Å². The summed E-state index contributed by atoms with van der Waals surface area (Å²) in [7, 11) is 3.15. The normalized spacial score (nSPS) is 16.9. The van der Waals surface area contributed by atoms with Gasteiger partial charge in [-0.1, -0.05) is 45.0 Å². The lowest BCUT2D eigenvalue weighted by Crippen LogP contribution is -2.29. The van der Waals surface area contributed by atoms with Gasteiger partial charge in [0.25, 0.3) is 11.7 Å². The third-order valence-corrected chi connectivity index (χ3v) is 6.88. The van der Waals surface area contributed by atoms with Gasteiger partial charge in [0.05, 0.1) is 31.9 Å². The third kappa shape index (κ3) is 5.83. The number of likely N-dealkylation sites (tertiary alicyclic amines) is 1. The number of ketones is 1. The van der Waals surface area contributed by atoms with Gasteiger partial charge in [-0.05, 0) is 72.9 Å². The molecule has 1 N–H and O–H groups in total. The van der Waals surface area contributed by atoms with Crippen molar-refractivity contribution in [3.05, 3.63) is 94.6 Å². The van der Waals surface area contributed by atoms with Gasteiger partial charge in [0.1, 0.15) is 23.0 Å². The first-order valence-corrected chi connectivity index (χ1v) is 13.3. The van der Waals surface area contributed by atoms with E-state index in [0.717, 1.165) is 16.9 Å². The van der Waals surface area contributed by atoms with Crippen LogP contribution in [0.5, 0.6) is 17.2 Å². The van der Waals surface area contributed by atoms with Crippen molar-refractivity contribution in [1.82, 2.24) is 4.90 Å². The molecule has 1 unspecified atom stereocenters. The third-order valence-electron chi connectivity index (χ3n) is 6.88. The molecular formula is C33H37NO6. The molecule has 1 aliphatic rings. The first kappa shape index (κ1) is 28.7. The molecule has 1 saturated heterocycles. The van der Waals surface area contributed by atoms with Crippen LogP contribution in [0.3, 0.4) is 0 Å². The van der Waals surface area contributed by atoms with Crippen molar-refractivity contribution in [1.29, 1.82) is 0 Å². The zero-order valence-electron chi connectivity index (χ0n) is 24.1. The maximum absolute atomic E-state index is 13.6. The van der Waals surface area contributed by atoms with Gasteiger partial charge in [-0.3, -0.25) is 9.59 Å².